The van der Waals surface area contributed by atoms with E-state index in [-0.39, 0.29) is 12.4 Å². The molecule has 0 atom stereocenters. The van der Waals surface area contributed by atoms with Crippen LogP contribution in [0.2, 0.25) is 5.02 Å². The van der Waals surface area contributed by atoms with Gasteiger partial charge in [-0.05, 0) is 30.7 Å². The fourth-order valence-corrected chi connectivity index (χ4v) is 1.83. The number of amides is 1. The topological polar surface area (TPSA) is 20.3 Å². The van der Waals surface area contributed by atoms with Crippen molar-refractivity contribution in [2.45, 2.75) is 13.3 Å². The van der Waals surface area contributed by atoms with E-state index in [1.807, 2.05) is 0 Å². The first-order valence-corrected chi connectivity index (χ1v) is 6.26. The molecule has 2 nitrogen and oxygen atoms in total. The molecule has 1 aromatic carbocycles. The van der Waals surface area contributed by atoms with Gasteiger partial charge in [-0.15, -0.1) is 11.6 Å². The van der Waals surface area contributed by atoms with Crippen molar-refractivity contribution in [1.29, 1.82) is 0 Å². The number of alkyl halides is 3. The van der Waals surface area contributed by atoms with Gasteiger partial charge < -0.3 is 4.90 Å². The second kappa shape index (κ2) is 6.90. The Balaban J connectivity index is 2.90. The summed E-state index contributed by atoms with van der Waals surface area (Å²) in [5.41, 5.74) is 1.06. The summed E-state index contributed by atoms with van der Waals surface area (Å²) in [5.74, 6) is -0.346. The van der Waals surface area contributed by atoms with Crippen LogP contribution in [0.1, 0.15) is 15.9 Å². The molecule has 0 heterocycles. The van der Waals surface area contributed by atoms with E-state index < -0.39 is 18.9 Å². The minimum Gasteiger partial charge on any atom is -0.332 e. The average molecular weight is 296 g/mol. The van der Waals surface area contributed by atoms with Crippen molar-refractivity contribution in [3.63, 3.8) is 0 Å². The van der Waals surface area contributed by atoms with Crippen LogP contribution in [-0.2, 0) is 0 Å². The van der Waals surface area contributed by atoms with Crippen LogP contribution in [0.3, 0.4) is 0 Å². The normalized spacial score (nSPS) is 10.8. The molecule has 0 aromatic heterocycles. The fourth-order valence-electron chi connectivity index (χ4n) is 1.50. The van der Waals surface area contributed by atoms with Crippen LogP contribution in [-0.4, -0.2) is 36.2 Å². The minimum absolute atomic E-state index is 0.0897. The molecule has 6 heteroatoms. The zero-order valence-electron chi connectivity index (χ0n) is 9.80. The molecule has 100 valence electrons. The van der Waals surface area contributed by atoms with Gasteiger partial charge in [0.15, 0.2) is 0 Å². The summed E-state index contributed by atoms with van der Waals surface area (Å²) >= 11 is 11.4. The lowest BCUT2D eigenvalue weighted by Crippen LogP contribution is -2.36. The molecule has 0 saturated carbocycles. The van der Waals surface area contributed by atoms with Crippen LogP contribution in [0.5, 0.6) is 0 Å². The van der Waals surface area contributed by atoms with Crippen molar-refractivity contribution < 1.29 is 13.6 Å². The van der Waals surface area contributed by atoms with E-state index in [1.165, 1.54) is 6.07 Å². The van der Waals surface area contributed by atoms with Gasteiger partial charge >= 0.3 is 0 Å². The molecular formula is C12H13Cl2F2NO. The largest absolute Gasteiger partial charge is 0.332 e. The van der Waals surface area contributed by atoms with Gasteiger partial charge in [-0.3, -0.25) is 4.79 Å². The zero-order valence-corrected chi connectivity index (χ0v) is 11.3. The number of hydrogen-bond donors (Lipinski definition) is 0. The first-order valence-electron chi connectivity index (χ1n) is 5.35. The first-order chi connectivity index (χ1) is 8.45. The lowest BCUT2D eigenvalue weighted by Gasteiger charge is -2.21. The van der Waals surface area contributed by atoms with Crippen molar-refractivity contribution in [2.24, 2.45) is 0 Å². The van der Waals surface area contributed by atoms with E-state index in [0.29, 0.717) is 10.6 Å². The molecule has 0 bridgehead atoms. The Morgan fingerprint density at radius 1 is 1.44 bits per heavy atom. The van der Waals surface area contributed by atoms with Gasteiger partial charge in [-0.1, -0.05) is 11.6 Å². The van der Waals surface area contributed by atoms with Crippen LogP contribution in [0.15, 0.2) is 18.2 Å². The Morgan fingerprint density at radius 2 is 2.11 bits per heavy atom. The number of carbonyl (C=O) groups excluding carboxylic acids is 1. The number of rotatable bonds is 5. The highest BCUT2D eigenvalue weighted by atomic mass is 35.5. The predicted molar refractivity (Wildman–Crippen MR) is 68.8 cm³/mol. The SMILES string of the molecule is Cc1cc(C(=O)N(CCCl)CC(F)F)ccc1Cl. The van der Waals surface area contributed by atoms with E-state index >= 15 is 0 Å². The molecule has 0 N–H and O–H groups in total. The maximum Gasteiger partial charge on any atom is 0.255 e. The second-order valence-electron chi connectivity index (χ2n) is 3.80. The summed E-state index contributed by atoms with van der Waals surface area (Å²) < 4.78 is 24.7. The number of carbonyl (C=O) groups is 1. The second-order valence-corrected chi connectivity index (χ2v) is 4.58. The van der Waals surface area contributed by atoms with Gasteiger partial charge in [0.2, 0.25) is 0 Å². The first kappa shape index (κ1) is 15.2. The third kappa shape index (κ3) is 4.10. The van der Waals surface area contributed by atoms with Crippen molar-refractivity contribution in [1.82, 2.24) is 4.90 Å². The van der Waals surface area contributed by atoms with Gasteiger partial charge in [0.25, 0.3) is 12.3 Å². The highest BCUT2D eigenvalue weighted by molar-refractivity contribution is 6.31. The van der Waals surface area contributed by atoms with Crippen LogP contribution < -0.4 is 0 Å². The molecule has 0 fully saturated rings. The number of aryl methyl sites for hydroxylation is 1. The van der Waals surface area contributed by atoms with Crippen molar-refractivity contribution >= 4 is 29.1 Å². The monoisotopic (exact) mass is 295 g/mol. The summed E-state index contributed by atoms with van der Waals surface area (Å²) in [6.45, 7) is 1.22. The summed E-state index contributed by atoms with van der Waals surface area (Å²) in [6.07, 6.45) is -2.58. The summed E-state index contributed by atoms with van der Waals surface area (Å²) in [6, 6.07) is 4.67. The van der Waals surface area contributed by atoms with Crippen molar-refractivity contribution in [2.75, 3.05) is 19.0 Å². The standard InChI is InChI=1S/C12H13Cl2F2NO/c1-8-6-9(2-3-10(8)14)12(18)17(5-4-13)7-11(15)16/h2-3,6,11H,4-5,7H2,1H3. The maximum absolute atomic E-state index is 12.4. The summed E-state index contributed by atoms with van der Waals surface area (Å²) in [7, 11) is 0. The lowest BCUT2D eigenvalue weighted by molar-refractivity contribution is 0.0571. The summed E-state index contributed by atoms with van der Waals surface area (Å²) in [5, 5.41) is 0.532. The lowest BCUT2D eigenvalue weighted by atomic mass is 10.1. The molecule has 0 aliphatic carbocycles. The quantitative estimate of drug-likeness (QED) is 0.760. The Hall–Kier alpha value is -0.870. The molecule has 0 aliphatic heterocycles. The number of halogens is 4. The molecule has 1 aromatic rings. The molecule has 1 rings (SSSR count). The van der Waals surface area contributed by atoms with Crippen LogP contribution in [0.4, 0.5) is 8.78 Å². The van der Waals surface area contributed by atoms with Gasteiger partial charge in [-0.2, -0.15) is 0 Å². The molecule has 0 spiro atoms. The molecule has 0 unspecified atom stereocenters. The van der Waals surface area contributed by atoms with E-state index in [1.54, 1.807) is 19.1 Å². The van der Waals surface area contributed by atoms with Crippen LogP contribution in [0, 0.1) is 6.92 Å². The van der Waals surface area contributed by atoms with Crippen LogP contribution >= 0.6 is 23.2 Å². The Kier molecular flexibility index (Phi) is 5.82. The fraction of sp³-hybridized carbons (Fsp3) is 0.417. The van der Waals surface area contributed by atoms with E-state index in [2.05, 4.69) is 0 Å². The number of nitrogens with zero attached hydrogens (tertiary/aromatic N) is 1. The van der Waals surface area contributed by atoms with Gasteiger partial charge in [-0.25, -0.2) is 8.78 Å². The highest BCUT2D eigenvalue weighted by Crippen LogP contribution is 2.17. The number of benzene rings is 1. The smallest absolute Gasteiger partial charge is 0.255 e. The Labute approximate surface area is 114 Å². The molecule has 0 aliphatic rings. The van der Waals surface area contributed by atoms with Crippen molar-refractivity contribution in [3.8, 4) is 0 Å². The molecule has 0 radical (unpaired) electrons. The molecule has 1 amide bonds. The molecular weight excluding hydrogens is 283 g/mol. The van der Waals surface area contributed by atoms with Gasteiger partial charge in [0.05, 0.1) is 6.54 Å². The van der Waals surface area contributed by atoms with Crippen molar-refractivity contribution in [3.05, 3.63) is 34.3 Å². The zero-order chi connectivity index (χ0) is 13.7. The predicted octanol–water partition coefficient (Wildman–Crippen LogP) is 3.59. The van der Waals surface area contributed by atoms with Gasteiger partial charge in [0, 0.05) is 23.0 Å². The third-order valence-electron chi connectivity index (χ3n) is 2.40. The van der Waals surface area contributed by atoms with E-state index in [9.17, 15) is 13.6 Å². The number of hydrogen-bond acceptors (Lipinski definition) is 1. The maximum atomic E-state index is 12.4. The van der Waals surface area contributed by atoms with Gasteiger partial charge in [0.1, 0.15) is 0 Å². The third-order valence-corrected chi connectivity index (χ3v) is 3.00. The Bertz CT molecular complexity index is 427. The molecule has 18 heavy (non-hydrogen) atoms. The van der Waals surface area contributed by atoms with E-state index in [0.717, 1.165) is 10.5 Å². The average Bonchev–Trinajstić information content (AvgIpc) is 2.31. The molecule has 0 saturated heterocycles. The highest BCUT2D eigenvalue weighted by Gasteiger charge is 2.19. The van der Waals surface area contributed by atoms with Crippen LogP contribution in [0.25, 0.3) is 0 Å². The van der Waals surface area contributed by atoms with E-state index in [4.69, 9.17) is 23.2 Å². The minimum atomic E-state index is -2.58. The summed E-state index contributed by atoms with van der Waals surface area (Å²) in [4.78, 5) is 13.1. The Morgan fingerprint density at radius 3 is 2.61 bits per heavy atom.